The van der Waals surface area contributed by atoms with Crippen molar-refractivity contribution in [1.82, 2.24) is 9.21 Å². The average molecular weight is 461 g/mol. The Labute approximate surface area is 187 Å². The molecular weight excluding hydrogens is 439 g/mol. The zero-order valence-electron chi connectivity index (χ0n) is 16.3. The van der Waals surface area contributed by atoms with Crippen molar-refractivity contribution in [3.63, 3.8) is 0 Å². The van der Waals surface area contributed by atoms with Crippen molar-refractivity contribution in [1.29, 1.82) is 0 Å². The SMILES string of the molecule is O=S(=O)(c1ccc(Cl)cc1)N1CCN([C@@H](c2ccccc2)c2ccc(Cl)cc2)CC1. The van der Waals surface area contributed by atoms with E-state index in [1.54, 1.807) is 28.6 Å². The molecule has 1 heterocycles. The van der Waals surface area contributed by atoms with Gasteiger partial charge in [0.15, 0.2) is 0 Å². The number of halogens is 2. The molecule has 1 aliphatic heterocycles. The van der Waals surface area contributed by atoms with E-state index in [9.17, 15) is 8.42 Å². The summed E-state index contributed by atoms with van der Waals surface area (Å²) in [6.07, 6.45) is 0. The van der Waals surface area contributed by atoms with Crippen molar-refractivity contribution in [3.05, 3.63) is 100 Å². The number of rotatable bonds is 5. The molecular formula is C23H22Cl2N2O2S. The van der Waals surface area contributed by atoms with Gasteiger partial charge in [-0.05, 0) is 47.5 Å². The first-order valence-corrected chi connectivity index (χ1v) is 11.9. The summed E-state index contributed by atoms with van der Waals surface area (Å²) in [5.74, 6) is 0. The van der Waals surface area contributed by atoms with E-state index in [0.29, 0.717) is 36.2 Å². The van der Waals surface area contributed by atoms with E-state index in [4.69, 9.17) is 23.2 Å². The standard InChI is InChI=1S/C23H22Cl2N2O2S/c24-20-8-6-19(7-9-20)23(18-4-2-1-3-5-18)26-14-16-27(17-15-26)30(28,29)22-12-10-21(25)11-13-22/h1-13,23H,14-17H2/t23-/m0/s1. The highest BCUT2D eigenvalue weighted by molar-refractivity contribution is 7.89. The van der Waals surface area contributed by atoms with Crippen LogP contribution in [0.4, 0.5) is 0 Å². The molecule has 30 heavy (non-hydrogen) atoms. The van der Waals surface area contributed by atoms with Crippen LogP contribution in [0.25, 0.3) is 0 Å². The molecule has 0 N–H and O–H groups in total. The second-order valence-electron chi connectivity index (χ2n) is 7.26. The van der Waals surface area contributed by atoms with E-state index < -0.39 is 10.0 Å². The summed E-state index contributed by atoms with van der Waals surface area (Å²) in [6, 6.07) is 24.5. The molecule has 4 nitrogen and oxygen atoms in total. The van der Waals surface area contributed by atoms with Gasteiger partial charge in [0, 0.05) is 36.2 Å². The van der Waals surface area contributed by atoms with E-state index in [0.717, 1.165) is 5.56 Å². The Morgan fingerprint density at radius 3 is 1.73 bits per heavy atom. The highest BCUT2D eigenvalue weighted by Gasteiger charge is 2.32. The van der Waals surface area contributed by atoms with E-state index in [1.807, 2.05) is 42.5 Å². The molecule has 0 amide bonds. The van der Waals surface area contributed by atoms with Crippen LogP contribution in [0.1, 0.15) is 17.2 Å². The molecule has 4 rings (SSSR count). The van der Waals surface area contributed by atoms with Gasteiger partial charge in [-0.1, -0.05) is 65.7 Å². The highest BCUT2D eigenvalue weighted by atomic mass is 35.5. The molecule has 1 saturated heterocycles. The van der Waals surface area contributed by atoms with Gasteiger partial charge in [-0.3, -0.25) is 4.90 Å². The van der Waals surface area contributed by atoms with Gasteiger partial charge >= 0.3 is 0 Å². The number of hydrogen-bond acceptors (Lipinski definition) is 3. The molecule has 0 bridgehead atoms. The normalized spacial score (nSPS) is 17.0. The van der Waals surface area contributed by atoms with Gasteiger partial charge in [-0.25, -0.2) is 8.42 Å². The van der Waals surface area contributed by atoms with Crippen molar-refractivity contribution in [2.75, 3.05) is 26.2 Å². The summed E-state index contributed by atoms with van der Waals surface area (Å²) in [7, 11) is -3.53. The Morgan fingerprint density at radius 2 is 1.17 bits per heavy atom. The first-order valence-electron chi connectivity index (χ1n) is 9.75. The van der Waals surface area contributed by atoms with Crippen molar-refractivity contribution >= 4 is 33.2 Å². The van der Waals surface area contributed by atoms with Crippen LogP contribution in [0.5, 0.6) is 0 Å². The van der Waals surface area contributed by atoms with Gasteiger partial charge in [-0.15, -0.1) is 0 Å². The quantitative estimate of drug-likeness (QED) is 0.532. The van der Waals surface area contributed by atoms with Crippen LogP contribution >= 0.6 is 23.2 Å². The van der Waals surface area contributed by atoms with Crippen LogP contribution in [0.2, 0.25) is 10.0 Å². The zero-order chi connectivity index (χ0) is 21.1. The fraction of sp³-hybridized carbons (Fsp3) is 0.217. The van der Waals surface area contributed by atoms with Crippen LogP contribution in [-0.2, 0) is 10.0 Å². The van der Waals surface area contributed by atoms with E-state index in [2.05, 4.69) is 17.0 Å². The summed E-state index contributed by atoms with van der Waals surface area (Å²) in [4.78, 5) is 2.60. The van der Waals surface area contributed by atoms with Crippen LogP contribution in [0.3, 0.4) is 0 Å². The topological polar surface area (TPSA) is 40.6 Å². The summed E-state index contributed by atoms with van der Waals surface area (Å²) >= 11 is 12.0. The van der Waals surface area contributed by atoms with Gasteiger partial charge < -0.3 is 0 Å². The third-order valence-electron chi connectivity index (χ3n) is 5.39. The van der Waals surface area contributed by atoms with Crippen LogP contribution in [0, 0.1) is 0 Å². The predicted octanol–water partition coefficient (Wildman–Crippen LogP) is 5.09. The summed E-state index contributed by atoms with van der Waals surface area (Å²) in [6.45, 7) is 2.13. The second-order valence-corrected chi connectivity index (χ2v) is 10.1. The molecule has 1 fully saturated rings. The Hall–Kier alpha value is -1.89. The summed E-state index contributed by atoms with van der Waals surface area (Å²) in [5, 5.41) is 1.22. The smallest absolute Gasteiger partial charge is 0.243 e. The molecule has 156 valence electrons. The molecule has 0 spiro atoms. The van der Waals surface area contributed by atoms with Crippen LogP contribution in [0.15, 0.2) is 83.8 Å². The molecule has 0 radical (unpaired) electrons. The van der Waals surface area contributed by atoms with Crippen LogP contribution < -0.4 is 0 Å². The number of hydrogen-bond donors (Lipinski definition) is 0. The average Bonchev–Trinajstić information content (AvgIpc) is 2.77. The Bertz CT molecular complexity index is 1080. The molecule has 0 unspecified atom stereocenters. The van der Waals surface area contributed by atoms with E-state index in [1.165, 1.54) is 5.56 Å². The van der Waals surface area contributed by atoms with E-state index in [-0.39, 0.29) is 10.9 Å². The number of sulfonamides is 1. The third kappa shape index (κ3) is 4.56. The molecule has 3 aromatic rings. The monoisotopic (exact) mass is 460 g/mol. The Balaban J connectivity index is 1.56. The number of piperazine rings is 1. The third-order valence-corrected chi connectivity index (χ3v) is 7.81. The first kappa shape index (κ1) is 21.3. The lowest BCUT2D eigenvalue weighted by Gasteiger charge is -2.39. The van der Waals surface area contributed by atoms with Gasteiger partial charge in [0.05, 0.1) is 10.9 Å². The lowest BCUT2D eigenvalue weighted by Crippen LogP contribution is -2.49. The molecule has 0 aliphatic carbocycles. The highest BCUT2D eigenvalue weighted by Crippen LogP contribution is 2.31. The summed E-state index contributed by atoms with van der Waals surface area (Å²) < 4.78 is 27.6. The first-order chi connectivity index (χ1) is 14.4. The second kappa shape index (κ2) is 9.08. The van der Waals surface area contributed by atoms with Crippen molar-refractivity contribution < 1.29 is 8.42 Å². The van der Waals surface area contributed by atoms with Crippen molar-refractivity contribution in [3.8, 4) is 0 Å². The molecule has 0 aromatic heterocycles. The lowest BCUT2D eigenvalue weighted by molar-refractivity contribution is 0.156. The fourth-order valence-corrected chi connectivity index (χ4v) is 5.53. The molecule has 3 aromatic carbocycles. The van der Waals surface area contributed by atoms with Crippen LogP contribution in [-0.4, -0.2) is 43.8 Å². The number of nitrogens with zero attached hydrogens (tertiary/aromatic N) is 2. The number of benzene rings is 3. The Morgan fingerprint density at radius 1 is 0.667 bits per heavy atom. The minimum atomic E-state index is -3.53. The molecule has 1 atom stereocenters. The fourth-order valence-electron chi connectivity index (χ4n) is 3.85. The maximum Gasteiger partial charge on any atom is 0.243 e. The van der Waals surface area contributed by atoms with Gasteiger partial charge in [0.2, 0.25) is 10.0 Å². The van der Waals surface area contributed by atoms with Gasteiger partial charge in [0.1, 0.15) is 0 Å². The predicted molar refractivity (Wildman–Crippen MR) is 122 cm³/mol. The molecule has 7 heteroatoms. The summed E-state index contributed by atoms with van der Waals surface area (Å²) in [5.41, 5.74) is 2.31. The zero-order valence-corrected chi connectivity index (χ0v) is 18.6. The molecule has 0 saturated carbocycles. The lowest BCUT2D eigenvalue weighted by atomic mass is 9.96. The molecule has 1 aliphatic rings. The minimum absolute atomic E-state index is 0.0452. The van der Waals surface area contributed by atoms with Crippen molar-refractivity contribution in [2.45, 2.75) is 10.9 Å². The van der Waals surface area contributed by atoms with Gasteiger partial charge in [-0.2, -0.15) is 4.31 Å². The Kier molecular flexibility index (Phi) is 6.46. The maximum atomic E-state index is 13.0. The van der Waals surface area contributed by atoms with Crippen molar-refractivity contribution in [2.24, 2.45) is 0 Å². The largest absolute Gasteiger partial charge is 0.290 e. The minimum Gasteiger partial charge on any atom is -0.290 e. The van der Waals surface area contributed by atoms with E-state index >= 15 is 0 Å². The van der Waals surface area contributed by atoms with Gasteiger partial charge in [0.25, 0.3) is 0 Å². The maximum absolute atomic E-state index is 13.0.